The SMILES string of the molecule is CCCCN(C(=O)C=Cc1ccc([N+](=O)[O-])cc1)C(C)c1nc2ccccc2c(=O)n1-c1ccccc1OCC. The average Bonchev–Trinajstić information content (AvgIpc) is 2.97. The number of non-ortho nitro benzene ring substituents is 1. The molecule has 3 aromatic carbocycles. The number of benzene rings is 3. The molecule has 0 radical (unpaired) electrons. The highest BCUT2D eigenvalue weighted by atomic mass is 16.6. The van der Waals surface area contributed by atoms with E-state index in [1.807, 2.05) is 51.1 Å². The van der Waals surface area contributed by atoms with Gasteiger partial charge in [0.05, 0.1) is 34.2 Å². The molecule has 0 fully saturated rings. The average molecular weight is 541 g/mol. The molecular formula is C31H32N4O5. The third-order valence-corrected chi connectivity index (χ3v) is 6.61. The molecule has 0 aliphatic heterocycles. The van der Waals surface area contributed by atoms with Crippen LogP contribution >= 0.6 is 0 Å². The highest BCUT2D eigenvalue weighted by molar-refractivity contribution is 5.92. The molecule has 1 aromatic heterocycles. The molecule has 1 heterocycles. The van der Waals surface area contributed by atoms with Gasteiger partial charge in [-0.15, -0.1) is 0 Å². The summed E-state index contributed by atoms with van der Waals surface area (Å²) in [6, 6.07) is 19.9. The number of para-hydroxylation sites is 3. The summed E-state index contributed by atoms with van der Waals surface area (Å²) in [6.45, 7) is 6.67. The van der Waals surface area contributed by atoms with Gasteiger partial charge in [0.1, 0.15) is 11.6 Å². The molecular weight excluding hydrogens is 508 g/mol. The second kappa shape index (κ2) is 12.8. The van der Waals surface area contributed by atoms with Crippen molar-refractivity contribution < 1.29 is 14.5 Å². The zero-order valence-corrected chi connectivity index (χ0v) is 22.8. The molecule has 0 saturated carbocycles. The Kier molecular flexibility index (Phi) is 9.06. The minimum absolute atomic E-state index is 0.0191. The number of hydrogen-bond donors (Lipinski definition) is 0. The summed E-state index contributed by atoms with van der Waals surface area (Å²) in [7, 11) is 0. The Morgan fingerprint density at radius 1 is 1.07 bits per heavy atom. The third-order valence-electron chi connectivity index (χ3n) is 6.61. The zero-order chi connectivity index (χ0) is 28.6. The van der Waals surface area contributed by atoms with E-state index in [0.717, 1.165) is 12.8 Å². The van der Waals surface area contributed by atoms with Crippen molar-refractivity contribution in [2.24, 2.45) is 0 Å². The van der Waals surface area contributed by atoms with Crippen LogP contribution in [0.15, 0.2) is 83.7 Å². The number of nitro benzene ring substituents is 1. The van der Waals surface area contributed by atoms with E-state index in [2.05, 4.69) is 0 Å². The van der Waals surface area contributed by atoms with Gasteiger partial charge in [0.2, 0.25) is 5.91 Å². The van der Waals surface area contributed by atoms with Crippen LogP contribution in [0.25, 0.3) is 22.7 Å². The van der Waals surface area contributed by atoms with Gasteiger partial charge in [-0.05, 0) is 68.3 Å². The molecule has 0 bridgehead atoms. The number of hydrogen-bond acceptors (Lipinski definition) is 6. The Morgan fingerprint density at radius 3 is 2.48 bits per heavy atom. The van der Waals surface area contributed by atoms with Crippen LogP contribution in [0.4, 0.5) is 5.69 Å². The normalized spacial score (nSPS) is 12.0. The van der Waals surface area contributed by atoms with E-state index in [9.17, 15) is 19.7 Å². The number of nitrogens with zero attached hydrogens (tertiary/aromatic N) is 4. The van der Waals surface area contributed by atoms with Crippen molar-refractivity contribution in [1.29, 1.82) is 0 Å². The summed E-state index contributed by atoms with van der Waals surface area (Å²) in [5.74, 6) is 0.706. The number of amides is 1. The summed E-state index contributed by atoms with van der Waals surface area (Å²) in [4.78, 5) is 44.6. The first-order valence-electron chi connectivity index (χ1n) is 13.3. The van der Waals surface area contributed by atoms with Crippen LogP contribution in [-0.2, 0) is 4.79 Å². The number of fused-ring (bicyclic) bond motifs is 1. The number of ether oxygens (including phenoxy) is 1. The van der Waals surface area contributed by atoms with Crippen molar-refractivity contribution in [3.63, 3.8) is 0 Å². The molecule has 1 unspecified atom stereocenters. The zero-order valence-electron chi connectivity index (χ0n) is 22.8. The largest absolute Gasteiger partial charge is 0.492 e. The fourth-order valence-corrected chi connectivity index (χ4v) is 4.52. The quantitative estimate of drug-likeness (QED) is 0.129. The van der Waals surface area contributed by atoms with Crippen LogP contribution in [0.5, 0.6) is 5.75 Å². The summed E-state index contributed by atoms with van der Waals surface area (Å²) in [6.07, 6.45) is 4.70. The molecule has 0 aliphatic rings. The number of carbonyl (C=O) groups is 1. The van der Waals surface area contributed by atoms with E-state index in [1.54, 1.807) is 45.9 Å². The second-order valence-corrected chi connectivity index (χ2v) is 9.27. The van der Waals surface area contributed by atoms with Crippen molar-refractivity contribution >= 4 is 28.6 Å². The predicted molar refractivity (Wildman–Crippen MR) is 156 cm³/mol. The second-order valence-electron chi connectivity index (χ2n) is 9.27. The van der Waals surface area contributed by atoms with E-state index in [-0.39, 0.29) is 17.2 Å². The molecule has 0 N–H and O–H groups in total. The highest BCUT2D eigenvalue weighted by Gasteiger charge is 2.26. The minimum Gasteiger partial charge on any atom is -0.492 e. The van der Waals surface area contributed by atoms with E-state index in [1.165, 1.54) is 18.2 Å². The maximum absolute atomic E-state index is 13.9. The molecule has 4 aromatic rings. The Bertz CT molecular complexity index is 1590. The fourth-order valence-electron chi connectivity index (χ4n) is 4.52. The van der Waals surface area contributed by atoms with E-state index < -0.39 is 11.0 Å². The summed E-state index contributed by atoms with van der Waals surface area (Å²) < 4.78 is 7.40. The standard InChI is InChI=1S/C31H32N4O5/c1-4-6-21-33(29(36)20-17-23-15-18-24(19-16-23)35(38)39)22(3)30-32-26-12-8-7-11-25(26)31(37)34(30)27-13-9-10-14-28(27)40-5-2/h7-20,22H,4-6,21H2,1-3H3. The number of aromatic nitrogens is 2. The first-order valence-corrected chi connectivity index (χ1v) is 13.3. The van der Waals surface area contributed by atoms with Crippen molar-refractivity contribution in [2.45, 2.75) is 39.7 Å². The molecule has 4 rings (SSSR count). The molecule has 9 heteroatoms. The molecule has 40 heavy (non-hydrogen) atoms. The first kappa shape index (κ1) is 28.2. The summed E-state index contributed by atoms with van der Waals surface area (Å²) in [5.41, 5.74) is 1.49. The van der Waals surface area contributed by atoms with Crippen molar-refractivity contribution in [1.82, 2.24) is 14.5 Å². The van der Waals surface area contributed by atoms with Crippen LogP contribution in [-0.4, -0.2) is 38.4 Å². The lowest BCUT2D eigenvalue weighted by Gasteiger charge is -2.30. The van der Waals surface area contributed by atoms with Gasteiger partial charge in [-0.3, -0.25) is 24.3 Å². The van der Waals surface area contributed by atoms with Crippen LogP contribution in [0.1, 0.15) is 51.0 Å². The van der Waals surface area contributed by atoms with Gasteiger partial charge in [-0.1, -0.05) is 37.6 Å². The minimum atomic E-state index is -0.562. The maximum Gasteiger partial charge on any atom is 0.269 e. The van der Waals surface area contributed by atoms with Gasteiger partial charge in [0, 0.05) is 24.8 Å². The number of nitro groups is 1. The Balaban J connectivity index is 1.80. The molecule has 0 saturated heterocycles. The molecule has 0 aliphatic carbocycles. The van der Waals surface area contributed by atoms with Crippen LogP contribution in [0.3, 0.4) is 0 Å². The fraction of sp³-hybridized carbons (Fsp3) is 0.258. The molecule has 1 atom stereocenters. The smallest absolute Gasteiger partial charge is 0.269 e. The summed E-state index contributed by atoms with van der Waals surface area (Å²) >= 11 is 0. The lowest BCUT2D eigenvalue weighted by atomic mass is 10.1. The summed E-state index contributed by atoms with van der Waals surface area (Å²) in [5, 5.41) is 11.4. The third kappa shape index (κ3) is 6.09. The number of rotatable bonds is 11. The van der Waals surface area contributed by atoms with Gasteiger partial charge >= 0.3 is 0 Å². The van der Waals surface area contributed by atoms with E-state index >= 15 is 0 Å². The lowest BCUT2D eigenvalue weighted by Crippen LogP contribution is -2.37. The van der Waals surface area contributed by atoms with Crippen LogP contribution in [0.2, 0.25) is 0 Å². The van der Waals surface area contributed by atoms with Crippen LogP contribution < -0.4 is 10.3 Å². The Morgan fingerprint density at radius 2 is 1.77 bits per heavy atom. The number of unbranched alkanes of at least 4 members (excludes halogenated alkanes) is 1. The molecule has 206 valence electrons. The topological polar surface area (TPSA) is 108 Å². The van der Waals surface area contributed by atoms with E-state index in [4.69, 9.17) is 9.72 Å². The van der Waals surface area contributed by atoms with Gasteiger partial charge in [-0.2, -0.15) is 0 Å². The molecule has 9 nitrogen and oxygen atoms in total. The molecule has 0 spiro atoms. The van der Waals surface area contributed by atoms with Gasteiger partial charge in [-0.25, -0.2) is 4.98 Å². The van der Waals surface area contributed by atoms with E-state index in [0.29, 0.717) is 46.9 Å². The predicted octanol–water partition coefficient (Wildman–Crippen LogP) is 6.10. The molecule has 1 amide bonds. The van der Waals surface area contributed by atoms with Gasteiger partial charge in [0.25, 0.3) is 11.2 Å². The van der Waals surface area contributed by atoms with Crippen LogP contribution in [0, 0.1) is 10.1 Å². The Labute approximate surface area is 232 Å². The van der Waals surface area contributed by atoms with Crippen molar-refractivity contribution in [3.8, 4) is 11.4 Å². The monoisotopic (exact) mass is 540 g/mol. The highest BCUT2D eigenvalue weighted by Crippen LogP contribution is 2.28. The van der Waals surface area contributed by atoms with Gasteiger partial charge in [0.15, 0.2) is 0 Å². The Hall–Kier alpha value is -4.79. The van der Waals surface area contributed by atoms with Crippen molar-refractivity contribution in [2.75, 3.05) is 13.2 Å². The lowest BCUT2D eigenvalue weighted by molar-refractivity contribution is -0.384. The first-order chi connectivity index (χ1) is 19.3. The van der Waals surface area contributed by atoms with Crippen molar-refractivity contribution in [3.05, 3.63) is 111 Å². The number of carbonyl (C=O) groups excluding carboxylic acids is 1. The maximum atomic E-state index is 13.9. The van der Waals surface area contributed by atoms with Gasteiger partial charge < -0.3 is 9.64 Å².